The zero-order valence-electron chi connectivity index (χ0n) is 13.1. The van der Waals surface area contributed by atoms with Crippen molar-refractivity contribution in [3.8, 4) is 17.1 Å². The number of aryl methyl sites for hydroxylation is 1. The molecule has 0 aliphatic carbocycles. The van der Waals surface area contributed by atoms with Gasteiger partial charge in [0.25, 0.3) is 0 Å². The monoisotopic (exact) mass is 343 g/mol. The number of fused-ring (bicyclic) bond motifs is 1. The number of nitrogens with zero attached hydrogens (tertiary/aromatic N) is 3. The van der Waals surface area contributed by atoms with Crippen LogP contribution in [0.25, 0.3) is 28.2 Å². The fraction of sp³-hybridized carbons (Fsp3) is 0.111. The molecule has 3 aromatic heterocycles. The van der Waals surface area contributed by atoms with Crippen LogP contribution in [0.15, 0.2) is 59.2 Å². The number of aromatic nitrogens is 3. The van der Waals surface area contributed by atoms with Crippen molar-refractivity contribution in [2.75, 3.05) is 0 Å². The van der Waals surface area contributed by atoms with Gasteiger partial charge in [-0.15, -0.1) is 0 Å². The first-order chi connectivity index (χ1) is 11.9. The van der Waals surface area contributed by atoms with E-state index in [0.717, 1.165) is 6.07 Å². The van der Waals surface area contributed by atoms with E-state index in [4.69, 9.17) is 4.42 Å². The number of alkyl halides is 3. The van der Waals surface area contributed by atoms with Crippen molar-refractivity contribution < 1.29 is 17.6 Å². The molecule has 4 aromatic rings. The lowest BCUT2D eigenvalue weighted by Crippen LogP contribution is -2.08. The first kappa shape index (κ1) is 15.4. The maximum absolute atomic E-state index is 13.6. The van der Waals surface area contributed by atoms with Crippen LogP contribution in [0.5, 0.6) is 0 Å². The van der Waals surface area contributed by atoms with Crippen LogP contribution >= 0.6 is 0 Å². The molecule has 4 nitrogen and oxygen atoms in total. The number of halogens is 3. The molecular formula is C18H12F3N3O. The van der Waals surface area contributed by atoms with E-state index in [1.165, 1.54) is 10.9 Å². The number of hydrogen-bond donors (Lipinski definition) is 0. The van der Waals surface area contributed by atoms with Crippen molar-refractivity contribution in [2.45, 2.75) is 13.1 Å². The predicted octanol–water partition coefficient (Wildman–Crippen LogP) is 5.01. The zero-order chi connectivity index (χ0) is 17.6. The summed E-state index contributed by atoms with van der Waals surface area (Å²) in [6.07, 6.45) is -3.13. The van der Waals surface area contributed by atoms with Gasteiger partial charge in [-0.1, -0.05) is 18.2 Å². The smallest absolute Gasteiger partial charge is 0.417 e. The van der Waals surface area contributed by atoms with E-state index in [1.54, 1.807) is 43.3 Å². The second kappa shape index (κ2) is 5.47. The summed E-state index contributed by atoms with van der Waals surface area (Å²) in [5, 5.41) is 4.27. The van der Waals surface area contributed by atoms with Crippen LogP contribution in [0, 0.1) is 6.92 Å². The van der Waals surface area contributed by atoms with Crippen LogP contribution in [0.2, 0.25) is 0 Å². The van der Waals surface area contributed by atoms with E-state index < -0.39 is 11.7 Å². The molecule has 0 atom stereocenters. The highest BCUT2D eigenvalue weighted by Gasteiger charge is 2.36. The van der Waals surface area contributed by atoms with Gasteiger partial charge in [-0.2, -0.15) is 18.3 Å². The molecule has 25 heavy (non-hydrogen) atoms. The predicted molar refractivity (Wildman–Crippen MR) is 86.3 cm³/mol. The van der Waals surface area contributed by atoms with Crippen molar-refractivity contribution in [3.63, 3.8) is 0 Å². The molecule has 0 bridgehead atoms. The Labute approximate surface area is 140 Å². The Morgan fingerprint density at radius 1 is 1.04 bits per heavy atom. The molecule has 0 fully saturated rings. The van der Waals surface area contributed by atoms with E-state index in [-0.39, 0.29) is 28.2 Å². The average molecular weight is 343 g/mol. The second-order valence-electron chi connectivity index (χ2n) is 5.56. The Morgan fingerprint density at radius 3 is 2.44 bits per heavy atom. The molecule has 7 heteroatoms. The summed E-state index contributed by atoms with van der Waals surface area (Å²) in [5.74, 6) is 0.269. The van der Waals surface area contributed by atoms with E-state index in [0.29, 0.717) is 5.69 Å². The number of para-hydroxylation sites is 1. The number of furan rings is 1. The fourth-order valence-corrected chi connectivity index (χ4v) is 2.81. The van der Waals surface area contributed by atoms with Crippen LogP contribution in [0.1, 0.15) is 11.3 Å². The Hall–Kier alpha value is -3.09. The van der Waals surface area contributed by atoms with Crippen molar-refractivity contribution in [1.82, 2.24) is 14.8 Å². The molecule has 0 unspecified atom stereocenters. The third-order valence-electron chi connectivity index (χ3n) is 3.89. The number of rotatable bonds is 2. The van der Waals surface area contributed by atoms with Crippen LogP contribution in [0.3, 0.4) is 0 Å². The highest BCUT2D eigenvalue weighted by Crippen LogP contribution is 2.38. The van der Waals surface area contributed by atoms with Crippen LogP contribution in [0.4, 0.5) is 13.2 Å². The highest BCUT2D eigenvalue weighted by atomic mass is 19.4. The van der Waals surface area contributed by atoms with Gasteiger partial charge >= 0.3 is 6.18 Å². The van der Waals surface area contributed by atoms with Crippen LogP contribution in [-0.2, 0) is 6.18 Å². The molecule has 0 saturated carbocycles. The molecule has 0 aliphatic rings. The van der Waals surface area contributed by atoms with Crippen molar-refractivity contribution >= 4 is 11.0 Å². The number of hydrogen-bond acceptors (Lipinski definition) is 3. The minimum absolute atomic E-state index is 0.00772. The topological polar surface area (TPSA) is 43.9 Å². The van der Waals surface area contributed by atoms with Gasteiger partial charge in [0.05, 0.1) is 28.6 Å². The van der Waals surface area contributed by atoms with Gasteiger partial charge < -0.3 is 4.42 Å². The molecule has 126 valence electrons. The lowest BCUT2D eigenvalue weighted by molar-refractivity contribution is -0.136. The molecule has 0 saturated heterocycles. The van der Waals surface area contributed by atoms with Gasteiger partial charge in [-0.25, -0.2) is 9.67 Å². The summed E-state index contributed by atoms with van der Waals surface area (Å²) in [5.41, 5.74) is 0.387. The molecule has 0 N–H and O–H groups in total. The van der Waals surface area contributed by atoms with Crippen molar-refractivity contribution in [2.24, 2.45) is 0 Å². The summed E-state index contributed by atoms with van der Waals surface area (Å²) in [4.78, 5) is 4.40. The summed E-state index contributed by atoms with van der Waals surface area (Å²) >= 11 is 0. The SMILES string of the molecule is Cc1nn(-c2ccccc2)c2nc(-c3ccco3)cc(C(F)(F)F)c12. The summed E-state index contributed by atoms with van der Waals surface area (Å²) < 4.78 is 47.6. The molecule has 1 aromatic carbocycles. The van der Waals surface area contributed by atoms with Crippen LogP contribution in [-0.4, -0.2) is 14.8 Å². The van der Waals surface area contributed by atoms with Gasteiger partial charge in [0, 0.05) is 0 Å². The minimum atomic E-state index is -4.53. The Bertz CT molecular complexity index is 1040. The standard InChI is InChI=1S/C18H12F3N3O/c1-11-16-13(18(19,20)21)10-14(15-8-5-9-25-15)22-17(16)24(23-11)12-6-3-2-4-7-12/h2-10H,1H3. The Balaban J connectivity index is 2.09. The third-order valence-corrected chi connectivity index (χ3v) is 3.89. The quantitative estimate of drug-likeness (QED) is 0.514. The molecule has 4 rings (SSSR count). The van der Waals surface area contributed by atoms with Crippen molar-refractivity contribution in [3.05, 3.63) is 66.1 Å². The van der Waals surface area contributed by atoms with Gasteiger partial charge in [-0.05, 0) is 37.3 Å². The lowest BCUT2D eigenvalue weighted by Gasteiger charge is -2.10. The molecule has 3 heterocycles. The largest absolute Gasteiger partial charge is 0.463 e. The number of pyridine rings is 1. The Kier molecular flexibility index (Phi) is 3.38. The van der Waals surface area contributed by atoms with Crippen LogP contribution < -0.4 is 0 Å². The van der Waals surface area contributed by atoms with Gasteiger partial charge in [0.1, 0.15) is 5.69 Å². The van der Waals surface area contributed by atoms with Gasteiger partial charge in [0.15, 0.2) is 11.4 Å². The zero-order valence-corrected chi connectivity index (χ0v) is 13.1. The molecule has 0 amide bonds. The van der Waals surface area contributed by atoms with E-state index in [9.17, 15) is 13.2 Å². The summed E-state index contributed by atoms with van der Waals surface area (Å²) in [7, 11) is 0. The maximum Gasteiger partial charge on any atom is 0.417 e. The first-order valence-electron chi connectivity index (χ1n) is 7.52. The molecular weight excluding hydrogens is 331 g/mol. The second-order valence-corrected chi connectivity index (χ2v) is 5.56. The van der Waals surface area contributed by atoms with E-state index >= 15 is 0 Å². The number of benzene rings is 1. The summed E-state index contributed by atoms with van der Waals surface area (Å²) in [6.45, 7) is 1.55. The first-order valence-corrected chi connectivity index (χ1v) is 7.52. The third kappa shape index (κ3) is 2.57. The van der Waals surface area contributed by atoms with Gasteiger partial charge in [0.2, 0.25) is 0 Å². The van der Waals surface area contributed by atoms with E-state index in [2.05, 4.69) is 10.1 Å². The normalized spacial score (nSPS) is 12.0. The minimum Gasteiger partial charge on any atom is -0.463 e. The van der Waals surface area contributed by atoms with Gasteiger partial charge in [-0.3, -0.25) is 0 Å². The highest BCUT2D eigenvalue weighted by molar-refractivity contribution is 5.86. The molecule has 0 aliphatic heterocycles. The lowest BCUT2D eigenvalue weighted by atomic mass is 10.1. The van der Waals surface area contributed by atoms with E-state index in [1.807, 2.05) is 6.07 Å². The maximum atomic E-state index is 13.6. The fourth-order valence-electron chi connectivity index (χ4n) is 2.81. The molecule has 0 spiro atoms. The summed E-state index contributed by atoms with van der Waals surface area (Å²) in [6, 6.07) is 13.1. The average Bonchev–Trinajstić information content (AvgIpc) is 3.22. The van der Waals surface area contributed by atoms with Crippen molar-refractivity contribution in [1.29, 1.82) is 0 Å². The molecule has 0 radical (unpaired) electrons. The Morgan fingerprint density at radius 2 is 1.80 bits per heavy atom.